The molecule has 1 saturated carbocycles. The number of amides is 1. The minimum atomic E-state index is -0.769. The minimum Gasteiger partial charge on any atom is -0.481 e. The number of carboxylic acids is 1. The van der Waals surface area contributed by atoms with E-state index in [1.807, 2.05) is 36.7 Å². The molecule has 0 spiro atoms. The minimum absolute atomic E-state index is 0.0408. The summed E-state index contributed by atoms with van der Waals surface area (Å²) in [4.78, 5) is 22.8. The van der Waals surface area contributed by atoms with Crippen LogP contribution in [-0.4, -0.2) is 28.1 Å². The van der Waals surface area contributed by atoms with Crippen molar-refractivity contribution in [3.05, 3.63) is 24.0 Å². The Bertz CT molecular complexity index is 515. The molecule has 0 aliphatic heterocycles. The molecule has 1 aliphatic rings. The van der Waals surface area contributed by atoms with Crippen molar-refractivity contribution in [1.29, 1.82) is 0 Å². The van der Waals surface area contributed by atoms with E-state index in [0.717, 1.165) is 25.0 Å². The van der Waals surface area contributed by atoms with Gasteiger partial charge in [-0.25, -0.2) is 0 Å². The monoisotopic (exact) mass is 292 g/mol. The number of hydrogen-bond donors (Lipinski definition) is 2. The molecular formula is C16H24N2O3. The van der Waals surface area contributed by atoms with E-state index < -0.39 is 5.97 Å². The van der Waals surface area contributed by atoms with Crippen molar-refractivity contribution in [2.45, 2.75) is 52.0 Å². The Morgan fingerprint density at radius 3 is 2.71 bits per heavy atom. The number of carbonyl (C=O) groups is 2. The number of carbonyl (C=O) groups excluding carboxylic acids is 1. The second-order valence-electron chi connectivity index (χ2n) is 6.60. The summed E-state index contributed by atoms with van der Waals surface area (Å²) >= 11 is 0. The van der Waals surface area contributed by atoms with Gasteiger partial charge in [0.25, 0.3) is 5.91 Å². The van der Waals surface area contributed by atoms with E-state index in [1.54, 1.807) is 0 Å². The van der Waals surface area contributed by atoms with Gasteiger partial charge in [0.2, 0.25) is 0 Å². The van der Waals surface area contributed by atoms with Crippen molar-refractivity contribution in [3.8, 4) is 0 Å². The number of aliphatic carboxylic acids is 1. The van der Waals surface area contributed by atoms with E-state index in [1.165, 1.54) is 0 Å². The molecule has 1 aromatic rings. The summed E-state index contributed by atoms with van der Waals surface area (Å²) < 4.78 is 2.05. The van der Waals surface area contributed by atoms with Crippen LogP contribution >= 0.6 is 0 Å². The maximum Gasteiger partial charge on any atom is 0.303 e. The summed E-state index contributed by atoms with van der Waals surface area (Å²) in [6, 6.07) is 4.25. The zero-order valence-corrected chi connectivity index (χ0v) is 12.8. The summed E-state index contributed by atoms with van der Waals surface area (Å²) in [7, 11) is 0. The first kappa shape index (κ1) is 15.6. The molecule has 5 nitrogen and oxygen atoms in total. The Balaban J connectivity index is 1.78. The highest BCUT2D eigenvalue weighted by molar-refractivity contribution is 5.92. The van der Waals surface area contributed by atoms with Crippen molar-refractivity contribution in [3.63, 3.8) is 0 Å². The Morgan fingerprint density at radius 1 is 1.38 bits per heavy atom. The number of aromatic nitrogens is 1. The molecule has 2 rings (SSSR count). The first-order valence-electron chi connectivity index (χ1n) is 7.56. The van der Waals surface area contributed by atoms with E-state index in [2.05, 4.69) is 5.32 Å². The Morgan fingerprint density at radius 2 is 2.10 bits per heavy atom. The van der Waals surface area contributed by atoms with Crippen LogP contribution in [0.2, 0.25) is 0 Å². The first-order valence-corrected chi connectivity index (χ1v) is 7.56. The Labute approximate surface area is 125 Å². The Hall–Kier alpha value is -1.78. The third-order valence-corrected chi connectivity index (χ3v) is 4.05. The maximum atomic E-state index is 12.2. The van der Waals surface area contributed by atoms with Crippen LogP contribution in [0.3, 0.4) is 0 Å². The first-order chi connectivity index (χ1) is 9.89. The lowest BCUT2D eigenvalue weighted by molar-refractivity contribution is -0.137. The molecule has 1 aliphatic carbocycles. The van der Waals surface area contributed by atoms with Gasteiger partial charge in [-0.1, -0.05) is 13.8 Å². The van der Waals surface area contributed by atoms with E-state index >= 15 is 0 Å². The quantitative estimate of drug-likeness (QED) is 0.774. The smallest absolute Gasteiger partial charge is 0.303 e. The highest BCUT2D eigenvalue weighted by Gasteiger charge is 2.27. The summed E-state index contributed by atoms with van der Waals surface area (Å²) in [6.45, 7) is 4.64. The van der Waals surface area contributed by atoms with Crippen molar-refractivity contribution in [2.75, 3.05) is 6.54 Å². The molecule has 0 aromatic carbocycles. The van der Waals surface area contributed by atoms with Crippen LogP contribution in [0.5, 0.6) is 0 Å². The van der Waals surface area contributed by atoms with Gasteiger partial charge in [-0.15, -0.1) is 0 Å². The molecule has 0 bridgehead atoms. The molecule has 0 saturated heterocycles. The molecule has 1 aromatic heterocycles. The van der Waals surface area contributed by atoms with Crippen LogP contribution in [0.4, 0.5) is 0 Å². The second-order valence-corrected chi connectivity index (χ2v) is 6.60. The number of nitrogens with one attached hydrogen (secondary N) is 1. The summed E-state index contributed by atoms with van der Waals surface area (Å²) in [6.07, 6.45) is 5.83. The maximum absolute atomic E-state index is 12.2. The topological polar surface area (TPSA) is 71.3 Å². The molecule has 1 fully saturated rings. The molecule has 116 valence electrons. The lowest BCUT2D eigenvalue weighted by Crippen LogP contribution is -2.29. The predicted molar refractivity (Wildman–Crippen MR) is 80.3 cm³/mol. The summed E-state index contributed by atoms with van der Waals surface area (Å²) in [5.41, 5.74) is 0.644. The van der Waals surface area contributed by atoms with Gasteiger partial charge >= 0.3 is 5.97 Å². The van der Waals surface area contributed by atoms with Gasteiger partial charge in [0, 0.05) is 25.2 Å². The van der Waals surface area contributed by atoms with Gasteiger partial charge in [0.05, 0.1) is 0 Å². The Kier molecular flexibility index (Phi) is 4.70. The van der Waals surface area contributed by atoms with E-state index in [0.29, 0.717) is 19.0 Å². The van der Waals surface area contributed by atoms with Gasteiger partial charge < -0.3 is 15.0 Å². The van der Waals surface area contributed by atoms with E-state index in [-0.39, 0.29) is 17.7 Å². The fourth-order valence-electron chi connectivity index (χ4n) is 2.43. The molecule has 2 N–H and O–H groups in total. The van der Waals surface area contributed by atoms with E-state index in [4.69, 9.17) is 5.11 Å². The molecule has 0 atom stereocenters. The molecule has 0 radical (unpaired) electrons. The largest absolute Gasteiger partial charge is 0.481 e. The molecule has 21 heavy (non-hydrogen) atoms. The molecule has 1 amide bonds. The number of hydrogen-bond acceptors (Lipinski definition) is 2. The molecule has 1 heterocycles. The van der Waals surface area contributed by atoms with Crippen LogP contribution in [0.15, 0.2) is 18.3 Å². The molecular weight excluding hydrogens is 268 g/mol. The zero-order chi connectivity index (χ0) is 15.5. The van der Waals surface area contributed by atoms with Gasteiger partial charge in [0.15, 0.2) is 0 Å². The fourth-order valence-corrected chi connectivity index (χ4v) is 2.43. The highest BCUT2D eigenvalue weighted by atomic mass is 16.4. The van der Waals surface area contributed by atoms with Crippen molar-refractivity contribution < 1.29 is 14.7 Å². The average Bonchev–Trinajstić information content (AvgIpc) is 3.13. The average molecular weight is 292 g/mol. The fraction of sp³-hybridized carbons (Fsp3) is 0.625. The van der Waals surface area contributed by atoms with Crippen molar-refractivity contribution >= 4 is 11.9 Å². The van der Waals surface area contributed by atoms with Crippen molar-refractivity contribution in [2.24, 2.45) is 5.41 Å². The lowest BCUT2D eigenvalue weighted by Gasteiger charge is -2.23. The van der Waals surface area contributed by atoms with Gasteiger partial charge in [-0.3, -0.25) is 9.59 Å². The third kappa shape index (κ3) is 4.62. The predicted octanol–water partition coefficient (Wildman–Crippen LogP) is 2.83. The van der Waals surface area contributed by atoms with E-state index in [9.17, 15) is 9.59 Å². The lowest BCUT2D eigenvalue weighted by atomic mass is 9.84. The van der Waals surface area contributed by atoms with Crippen LogP contribution in [0.1, 0.15) is 62.5 Å². The van der Waals surface area contributed by atoms with Crippen LogP contribution in [0, 0.1) is 5.41 Å². The number of carboxylic acid groups (broad SMARTS) is 1. The zero-order valence-electron chi connectivity index (χ0n) is 12.8. The van der Waals surface area contributed by atoms with Crippen LogP contribution < -0.4 is 5.32 Å². The highest BCUT2D eigenvalue weighted by Crippen LogP contribution is 2.36. The van der Waals surface area contributed by atoms with Crippen molar-refractivity contribution in [1.82, 2.24) is 9.88 Å². The normalized spacial score (nSPS) is 15.0. The number of rotatable bonds is 8. The summed E-state index contributed by atoms with van der Waals surface area (Å²) in [5.74, 6) is -0.810. The second kappa shape index (κ2) is 6.33. The van der Waals surface area contributed by atoms with Gasteiger partial charge in [0.1, 0.15) is 5.69 Å². The molecule has 0 unspecified atom stereocenters. The van der Waals surface area contributed by atoms with Crippen LogP contribution in [0.25, 0.3) is 0 Å². The SMILES string of the molecule is CC(C)(CCNC(=O)c1cccn1C1CC1)CCC(=O)O. The van der Waals surface area contributed by atoms with Gasteiger partial charge in [-0.05, 0) is 43.2 Å². The summed E-state index contributed by atoms with van der Waals surface area (Å²) in [5, 5.41) is 11.7. The molecule has 5 heteroatoms. The standard InChI is InChI=1S/C16H24N2O3/c1-16(2,8-7-14(19)20)9-10-17-15(21)13-4-3-11-18(13)12-5-6-12/h3-4,11-12H,5-10H2,1-2H3,(H,17,21)(H,19,20). The van der Waals surface area contributed by atoms with Gasteiger partial charge in [-0.2, -0.15) is 0 Å². The number of nitrogens with zero attached hydrogens (tertiary/aromatic N) is 1. The van der Waals surface area contributed by atoms with Crippen LogP contribution in [-0.2, 0) is 4.79 Å². The third-order valence-electron chi connectivity index (χ3n) is 4.05.